The summed E-state index contributed by atoms with van der Waals surface area (Å²) in [5, 5.41) is 13.3. The molecule has 0 aliphatic heterocycles. The number of hydrogen-bond donors (Lipinski definition) is 1. The average Bonchev–Trinajstić information content (AvgIpc) is 3.29. The Hall–Kier alpha value is -2.76. The van der Waals surface area contributed by atoms with Gasteiger partial charge in [0.05, 0.1) is 4.92 Å². The lowest BCUT2D eigenvalue weighted by molar-refractivity contribution is -0.384. The van der Waals surface area contributed by atoms with Crippen LogP contribution in [-0.2, 0) is 4.79 Å². The van der Waals surface area contributed by atoms with Crippen LogP contribution < -0.4 is 5.32 Å². The summed E-state index contributed by atoms with van der Waals surface area (Å²) >= 11 is 0. The van der Waals surface area contributed by atoms with Crippen molar-refractivity contribution >= 4 is 17.3 Å². The summed E-state index contributed by atoms with van der Waals surface area (Å²) in [5.41, 5.74) is 1.46. The summed E-state index contributed by atoms with van der Waals surface area (Å²) in [6, 6.07) is 11.9. The first-order valence-electron chi connectivity index (χ1n) is 6.85. The van der Waals surface area contributed by atoms with E-state index >= 15 is 0 Å². The summed E-state index contributed by atoms with van der Waals surface area (Å²) in [6.07, 6.45) is 0.727. The number of nitro benzene ring substituents is 1. The zero-order valence-electron chi connectivity index (χ0n) is 11.5. The first-order chi connectivity index (χ1) is 10.5. The van der Waals surface area contributed by atoms with Gasteiger partial charge < -0.3 is 5.32 Å². The molecular formula is C16H13FN2O3. The summed E-state index contributed by atoms with van der Waals surface area (Å²) in [5.74, 6) is -0.446. The third kappa shape index (κ3) is 2.95. The molecule has 1 fully saturated rings. The summed E-state index contributed by atoms with van der Waals surface area (Å²) < 4.78 is 12.9. The zero-order chi connectivity index (χ0) is 15.7. The van der Waals surface area contributed by atoms with Crippen LogP contribution in [0.15, 0.2) is 48.5 Å². The Labute approximate surface area is 125 Å². The van der Waals surface area contributed by atoms with E-state index in [1.54, 1.807) is 12.1 Å². The molecule has 5 nitrogen and oxygen atoms in total. The average molecular weight is 300 g/mol. The van der Waals surface area contributed by atoms with Crippen LogP contribution in [0.4, 0.5) is 15.8 Å². The van der Waals surface area contributed by atoms with Gasteiger partial charge in [-0.3, -0.25) is 14.9 Å². The van der Waals surface area contributed by atoms with Gasteiger partial charge in [-0.2, -0.15) is 0 Å². The van der Waals surface area contributed by atoms with Crippen LogP contribution in [0.1, 0.15) is 17.9 Å². The van der Waals surface area contributed by atoms with Crippen molar-refractivity contribution in [3.05, 3.63) is 70.0 Å². The van der Waals surface area contributed by atoms with Crippen LogP contribution in [0, 0.1) is 21.8 Å². The van der Waals surface area contributed by atoms with E-state index in [1.165, 1.54) is 36.4 Å². The first-order valence-corrected chi connectivity index (χ1v) is 6.85. The van der Waals surface area contributed by atoms with Crippen molar-refractivity contribution in [1.29, 1.82) is 0 Å². The van der Waals surface area contributed by atoms with E-state index in [9.17, 15) is 19.3 Å². The molecule has 6 heteroatoms. The predicted molar refractivity (Wildman–Crippen MR) is 79.0 cm³/mol. The van der Waals surface area contributed by atoms with E-state index in [-0.39, 0.29) is 29.2 Å². The van der Waals surface area contributed by atoms with Crippen LogP contribution in [0.2, 0.25) is 0 Å². The SMILES string of the molecule is O=C(Nc1ccc([N+](=O)[O-])cc1)C1CC1c1ccc(F)cc1. The van der Waals surface area contributed by atoms with Gasteiger partial charge in [0.1, 0.15) is 5.82 Å². The first kappa shape index (κ1) is 14.2. The standard InChI is InChI=1S/C16H13FN2O3/c17-11-3-1-10(2-4-11)14-9-15(14)16(20)18-12-5-7-13(8-6-12)19(21)22/h1-8,14-15H,9H2,(H,18,20). The molecule has 0 heterocycles. The molecular weight excluding hydrogens is 287 g/mol. The highest BCUT2D eigenvalue weighted by Crippen LogP contribution is 2.48. The third-order valence-corrected chi connectivity index (χ3v) is 3.77. The van der Waals surface area contributed by atoms with Crippen LogP contribution in [0.5, 0.6) is 0 Å². The Bertz CT molecular complexity index is 713. The number of halogens is 1. The minimum Gasteiger partial charge on any atom is -0.326 e. The van der Waals surface area contributed by atoms with Gasteiger partial charge in [0.25, 0.3) is 5.69 Å². The second-order valence-electron chi connectivity index (χ2n) is 5.29. The maximum Gasteiger partial charge on any atom is 0.269 e. The predicted octanol–water partition coefficient (Wildman–Crippen LogP) is 3.48. The molecule has 2 unspecified atom stereocenters. The van der Waals surface area contributed by atoms with Crippen molar-refractivity contribution in [3.8, 4) is 0 Å². The van der Waals surface area contributed by atoms with Crippen LogP contribution in [0.25, 0.3) is 0 Å². The zero-order valence-corrected chi connectivity index (χ0v) is 11.5. The number of amides is 1. The number of hydrogen-bond acceptors (Lipinski definition) is 3. The minimum absolute atomic E-state index is 0.0198. The molecule has 3 rings (SSSR count). The highest BCUT2D eigenvalue weighted by atomic mass is 19.1. The number of nitrogens with one attached hydrogen (secondary N) is 1. The molecule has 0 spiro atoms. The normalized spacial score (nSPS) is 19.5. The van der Waals surface area contributed by atoms with Gasteiger partial charge in [0.2, 0.25) is 5.91 Å². The lowest BCUT2D eigenvalue weighted by Crippen LogP contribution is -2.14. The van der Waals surface area contributed by atoms with Crippen molar-refractivity contribution in [2.24, 2.45) is 5.92 Å². The Morgan fingerprint density at radius 2 is 1.77 bits per heavy atom. The van der Waals surface area contributed by atoms with Crippen LogP contribution >= 0.6 is 0 Å². The second-order valence-corrected chi connectivity index (χ2v) is 5.29. The molecule has 0 radical (unpaired) electrons. The maximum absolute atomic E-state index is 12.9. The van der Waals surface area contributed by atoms with Crippen molar-refractivity contribution < 1.29 is 14.1 Å². The molecule has 22 heavy (non-hydrogen) atoms. The number of non-ortho nitro benzene ring substituents is 1. The number of rotatable bonds is 4. The molecule has 1 amide bonds. The highest BCUT2D eigenvalue weighted by Gasteiger charge is 2.43. The monoisotopic (exact) mass is 300 g/mol. The molecule has 0 saturated heterocycles. The number of carbonyl (C=O) groups excluding carboxylic acids is 1. The Kier molecular flexibility index (Phi) is 3.58. The van der Waals surface area contributed by atoms with Gasteiger partial charge in [-0.1, -0.05) is 12.1 Å². The molecule has 112 valence electrons. The number of anilines is 1. The van der Waals surface area contributed by atoms with Crippen molar-refractivity contribution in [3.63, 3.8) is 0 Å². The quantitative estimate of drug-likeness (QED) is 0.694. The fourth-order valence-corrected chi connectivity index (χ4v) is 2.46. The van der Waals surface area contributed by atoms with Crippen molar-refractivity contribution in [2.45, 2.75) is 12.3 Å². The smallest absolute Gasteiger partial charge is 0.269 e. The summed E-state index contributed by atoms with van der Waals surface area (Å²) in [7, 11) is 0. The molecule has 1 aliphatic rings. The van der Waals surface area contributed by atoms with Crippen molar-refractivity contribution in [1.82, 2.24) is 0 Å². The van der Waals surface area contributed by atoms with Crippen molar-refractivity contribution in [2.75, 3.05) is 5.32 Å². The van der Waals surface area contributed by atoms with Gasteiger partial charge in [0.15, 0.2) is 0 Å². The number of nitrogens with zero attached hydrogens (tertiary/aromatic N) is 1. The second kappa shape index (κ2) is 5.55. The minimum atomic E-state index is -0.489. The van der Waals surface area contributed by atoms with E-state index in [1.807, 2.05) is 0 Å². The topological polar surface area (TPSA) is 72.2 Å². The van der Waals surface area contributed by atoms with Gasteiger partial charge in [-0.05, 0) is 42.2 Å². The molecule has 0 aromatic heterocycles. The van der Waals surface area contributed by atoms with E-state index < -0.39 is 4.92 Å². The maximum atomic E-state index is 12.9. The lowest BCUT2D eigenvalue weighted by Gasteiger charge is -2.05. The number of carbonyl (C=O) groups is 1. The summed E-state index contributed by atoms with van der Waals surface area (Å²) in [6.45, 7) is 0. The largest absolute Gasteiger partial charge is 0.326 e. The van der Waals surface area contributed by atoms with Crippen LogP contribution in [0.3, 0.4) is 0 Å². The van der Waals surface area contributed by atoms with Crippen LogP contribution in [-0.4, -0.2) is 10.8 Å². The Morgan fingerprint density at radius 3 is 2.36 bits per heavy atom. The Morgan fingerprint density at radius 1 is 1.14 bits per heavy atom. The molecule has 0 bridgehead atoms. The number of nitro groups is 1. The van der Waals surface area contributed by atoms with Gasteiger partial charge in [0, 0.05) is 23.7 Å². The van der Waals surface area contributed by atoms with Gasteiger partial charge in [-0.25, -0.2) is 4.39 Å². The lowest BCUT2D eigenvalue weighted by atomic mass is 10.1. The molecule has 2 aromatic carbocycles. The molecule has 1 saturated carbocycles. The summed E-state index contributed by atoms with van der Waals surface area (Å²) in [4.78, 5) is 22.2. The van der Waals surface area contributed by atoms with E-state index in [2.05, 4.69) is 5.32 Å². The van der Waals surface area contributed by atoms with E-state index in [0.717, 1.165) is 12.0 Å². The van der Waals surface area contributed by atoms with E-state index in [4.69, 9.17) is 0 Å². The van der Waals surface area contributed by atoms with Gasteiger partial charge >= 0.3 is 0 Å². The highest BCUT2D eigenvalue weighted by molar-refractivity contribution is 5.95. The van der Waals surface area contributed by atoms with E-state index in [0.29, 0.717) is 5.69 Å². The molecule has 2 atom stereocenters. The Balaban J connectivity index is 1.61. The molecule has 1 N–H and O–H groups in total. The molecule has 1 aliphatic carbocycles. The third-order valence-electron chi connectivity index (χ3n) is 3.77. The molecule has 2 aromatic rings. The fraction of sp³-hybridized carbons (Fsp3) is 0.188. The fourth-order valence-electron chi connectivity index (χ4n) is 2.46. The van der Waals surface area contributed by atoms with Gasteiger partial charge in [-0.15, -0.1) is 0 Å². The number of benzene rings is 2.